The molecule has 1 aliphatic heterocycles. The molecule has 2 N–H and O–H groups in total. The van der Waals surface area contributed by atoms with Crippen molar-refractivity contribution in [2.24, 2.45) is 5.92 Å². The largest absolute Gasteiger partial charge is 0.357 e. The van der Waals surface area contributed by atoms with Crippen LogP contribution < -0.4 is 15.5 Å². The zero-order valence-electron chi connectivity index (χ0n) is 17.1. The molecule has 1 aliphatic rings. The minimum atomic E-state index is -0.973. The molecular formula is C22H26F2N4O2. The van der Waals surface area contributed by atoms with Crippen LogP contribution in [-0.2, 0) is 11.3 Å². The van der Waals surface area contributed by atoms with Gasteiger partial charge in [0.25, 0.3) is 5.91 Å². The molecule has 3 rings (SSSR count). The maximum Gasteiger partial charge on any atom is 0.257 e. The highest BCUT2D eigenvalue weighted by molar-refractivity contribution is 5.98. The summed E-state index contributed by atoms with van der Waals surface area (Å²) in [5.74, 6) is -2.70. The lowest BCUT2D eigenvalue weighted by Gasteiger charge is -2.22. The molecule has 0 radical (unpaired) electrons. The van der Waals surface area contributed by atoms with Crippen LogP contribution in [0.4, 0.5) is 14.6 Å². The van der Waals surface area contributed by atoms with Gasteiger partial charge in [0.15, 0.2) is 0 Å². The van der Waals surface area contributed by atoms with Crippen LogP contribution in [0.15, 0.2) is 36.5 Å². The smallest absolute Gasteiger partial charge is 0.257 e. The van der Waals surface area contributed by atoms with E-state index in [4.69, 9.17) is 0 Å². The number of rotatable bonds is 7. The normalized spacial score (nSPS) is 14.6. The number of amides is 2. The van der Waals surface area contributed by atoms with Crippen molar-refractivity contribution in [2.45, 2.75) is 39.3 Å². The van der Waals surface area contributed by atoms with Crippen molar-refractivity contribution < 1.29 is 18.4 Å². The van der Waals surface area contributed by atoms with E-state index in [0.717, 1.165) is 36.6 Å². The summed E-state index contributed by atoms with van der Waals surface area (Å²) in [7, 11) is 0. The fraction of sp³-hybridized carbons (Fsp3) is 0.409. The minimum absolute atomic E-state index is 0.235. The average Bonchev–Trinajstić information content (AvgIpc) is 3.25. The van der Waals surface area contributed by atoms with E-state index < -0.39 is 35.1 Å². The molecule has 30 heavy (non-hydrogen) atoms. The molecule has 8 heteroatoms. The second kappa shape index (κ2) is 9.65. The highest BCUT2D eigenvalue weighted by Gasteiger charge is 2.27. The molecule has 1 aromatic heterocycles. The van der Waals surface area contributed by atoms with Gasteiger partial charge in [-0.2, -0.15) is 0 Å². The first kappa shape index (κ1) is 21.7. The molecular weight excluding hydrogens is 390 g/mol. The van der Waals surface area contributed by atoms with Crippen molar-refractivity contribution >= 4 is 17.6 Å². The number of aromatic nitrogens is 1. The van der Waals surface area contributed by atoms with Gasteiger partial charge < -0.3 is 15.5 Å². The standard InChI is InChI=1S/C22H26F2N4O2/c1-14(2)20(27-21(29)19-16(23)6-5-7-17(19)24)22(30)26-13-15-8-9-18(25-12-15)28-10-3-4-11-28/h5-9,12,14,20H,3-4,10-11,13H2,1-2H3,(H,26,30)(H,27,29). The summed E-state index contributed by atoms with van der Waals surface area (Å²) in [4.78, 5) is 31.7. The monoisotopic (exact) mass is 416 g/mol. The van der Waals surface area contributed by atoms with E-state index in [1.54, 1.807) is 20.0 Å². The zero-order valence-corrected chi connectivity index (χ0v) is 17.1. The Morgan fingerprint density at radius 2 is 1.77 bits per heavy atom. The quantitative estimate of drug-likeness (QED) is 0.728. The number of carbonyl (C=O) groups excluding carboxylic acids is 2. The number of pyridine rings is 1. The van der Waals surface area contributed by atoms with Crippen molar-refractivity contribution in [1.29, 1.82) is 0 Å². The van der Waals surface area contributed by atoms with Crippen LogP contribution in [0.3, 0.4) is 0 Å². The molecule has 2 heterocycles. The molecule has 1 aromatic carbocycles. The Morgan fingerprint density at radius 1 is 1.10 bits per heavy atom. The Labute approximate surface area is 174 Å². The third-order valence-electron chi connectivity index (χ3n) is 5.13. The summed E-state index contributed by atoms with van der Waals surface area (Å²) < 4.78 is 27.7. The van der Waals surface area contributed by atoms with E-state index in [0.29, 0.717) is 0 Å². The Morgan fingerprint density at radius 3 is 2.33 bits per heavy atom. The number of nitrogens with one attached hydrogen (secondary N) is 2. The fourth-order valence-electron chi connectivity index (χ4n) is 3.42. The van der Waals surface area contributed by atoms with E-state index in [1.165, 1.54) is 18.9 Å². The van der Waals surface area contributed by atoms with Crippen molar-refractivity contribution in [1.82, 2.24) is 15.6 Å². The van der Waals surface area contributed by atoms with Gasteiger partial charge in [0.1, 0.15) is 29.1 Å². The number of benzene rings is 1. The maximum atomic E-state index is 13.9. The SMILES string of the molecule is CC(C)C(NC(=O)c1c(F)cccc1F)C(=O)NCc1ccc(N2CCCC2)nc1. The molecule has 1 unspecified atom stereocenters. The van der Waals surface area contributed by atoms with Crippen molar-refractivity contribution in [3.63, 3.8) is 0 Å². The molecule has 0 bridgehead atoms. The van der Waals surface area contributed by atoms with E-state index in [-0.39, 0.29) is 12.5 Å². The van der Waals surface area contributed by atoms with Crippen molar-refractivity contribution in [3.8, 4) is 0 Å². The van der Waals surface area contributed by atoms with Gasteiger partial charge in [0, 0.05) is 25.8 Å². The molecule has 160 valence electrons. The van der Waals surface area contributed by atoms with Crippen molar-refractivity contribution in [3.05, 3.63) is 59.3 Å². The third kappa shape index (κ3) is 5.11. The third-order valence-corrected chi connectivity index (χ3v) is 5.13. The highest BCUT2D eigenvalue weighted by Crippen LogP contribution is 2.18. The molecule has 1 fully saturated rings. The summed E-state index contributed by atoms with van der Waals surface area (Å²) in [6.45, 7) is 5.73. The van der Waals surface area contributed by atoms with Crippen LogP contribution in [0.2, 0.25) is 0 Å². The van der Waals surface area contributed by atoms with Crippen LogP contribution in [0, 0.1) is 17.6 Å². The number of carbonyl (C=O) groups is 2. The summed E-state index contributed by atoms with van der Waals surface area (Å²) in [5.41, 5.74) is 0.123. The van der Waals surface area contributed by atoms with Gasteiger partial charge in [-0.25, -0.2) is 13.8 Å². The second-order valence-electron chi connectivity index (χ2n) is 7.73. The van der Waals surface area contributed by atoms with Gasteiger partial charge in [-0.05, 0) is 42.5 Å². The lowest BCUT2D eigenvalue weighted by molar-refractivity contribution is -0.124. The summed E-state index contributed by atoms with van der Waals surface area (Å²) in [6, 6.07) is 6.07. The highest BCUT2D eigenvalue weighted by atomic mass is 19.1. The Hall–Kier alpha value is -3.03. The van der Waals surface area contributed by atoms with Crippen molar-refractivity contribution in [2.75, 3.05) is 18.0 Å². The number of hydrogen-bond acceptors (Lipinski definition) is 4. The lowest BCUT2D eigenvalue weighted by atomic mass is 10.0. The van der Waals surface area contributed by atoms with Crippen LogP contribution in [0.1, 0.15) is 42.6 Å². The lowest BCUT2D eigenvalue weighted by Crippen LogP contribution is -2.49. The molecule has 0 saturated carbocycles. The summed E-state index contributed by atoms with van der Waals surface area (Å²) >= 11 is 0. The molecule has 0 spiro atoms. The summed E-state index contributed by atoms with van der Waals surface area (Å²) in [6.07, 6.45) is 4.04. The van der Waals surface area contributed by atoms with Gasteiger partial charge in [0.05, 0.1) is 0 Å². The molecule has 1 atom stereocenters. The molecule has 2 amide bonds. The van der Waals surface area contributed by atoms with Crippen LogP contribution in [-0.4, -0.2) is 35.9 Å². The Kier molecular flexibility index (Phi) is 6.97. The average molecular weight is 416 g/mol. The maximum absolute atomic E-state index is 13.9. The van der Waals surface area contributed by atoms with Crippen LogP contribution in [0.25, 0.3) is 0 Å². The number of hydrogen-bond donors (Lipinski definition) is 2. The second-order valence-corrected chi connectivity index (χ2v) is 7.73. The fourth-order valence-corrected chi connectivity index (χ4v) is 3.42. The van der Waals surface area contributed by atoms with E-state index in [2.05, 4.69) is 20.5 Å². The predicted octanol–water partition coefficient (Wildman–Crippen LogP) is 3.03. The van der Waals surface area contributed by atoms with Gasteiger partial charge in [-0.15, -0.1) is 0 Å². The van der Waals surface area contributed by atoms with E-state index >= 15 is 0 Å². The number of anilines is 1. The van der Waals surface area contributed by atoms with Gasteiger partial charge >= 0.3 is 0 Å². The van der Waals surface area contributed by atoms with Gasteiger partial charge in [-0.1, -0.05) is 26.0 Å². The molecule has 6 nitrogen and oxygen atoms in total. The van der Waals surface area contributed by atoms with Crippen LogP contribution in [0.5, 0.6) is 0 Å². The number of halogens is 2. The molecule has 2 aromatic rings. The zero-order chi connectivity index (χ0) is 21.7. The first-order chi connectivity index (χ1) is 14.4. The minimum Gasteiger partial charge on any atom is -0.357 e. The first-order valence-corrected chi connectivity index (χ1v) is 10.1. The van der Waals surface area contributed by atoms with E-state index in [9.17, 15) is 18.4 Å². The van der Waals surface area contributed by atoms with E-state index in [1.807, 2.05) is 12.1 Å². The summed E-state index contributed by atoms with van der Waals surface area (Å²) in [5, 5.41) is 5.20. The van der Waals surface area contributed by atoms with Gasteiger partial charge in [-0.3, -0.25) is 9.59 Å². The van der Waals surface area contributed by atoms with Gasteiger partial charge in [0.2, 0.25) is 5.91 Å². The topological polar surface area (TPSA) is 74.3 Å². The van der Waals surface area contributed by atoms with Crippen LogP contribution >= 0.6 is 0 Å². The Bertz CT molecular complexity index is 876. The predicted molar refractivity (Wildman–Crippen MR) is 110 cm³/mol. The Balaban J connectivity index is 1.61. The first-order valence-electron chi connectivity index (χ1n) is 10.1. The number of nitrogens with zero attached hydrogens (tertiary/aromatic N) is 2. The molecule has 0 aliphatic carbocycles. The molecule has 1 saturated heterocycles.